The number of carbonyl (C=O) groups is 2. The molecular formula is C30H41N5O3. The number of amides is 3. The first kappa shape index (κ1) is 28.8. The van der Waals surface area contributed by atoms with Crippen molar-refractivity contribution in [2.45, 2.75) is 60.8 Å². The second-order valence-corrected chi connectivity index (χ2v) is 11.0. The highest BCUT2D eigenvalue weighted by Crippen LogP contribution is 2.28. The predicted molar refractivity (Wildman–Crippen MR) is 153 cm³/mol. The molecule has 0 fully saturated rings. The van der Waals surface area contributed by atoms with Crippen LogP contribution in [0.15, 0.2) is 48.5 Å². The number of aromatic nitrogens is 2. The number of ether oxygens (including phenoxy) is 1. The highest BCUT2D eigenvalue weighted by Gasteiger charge is 2.24. The van der Waals surface area contributed by atoms with Crippen molar-refractivity contribution in [1.29, 1.82) is 0 Å². The molecule has 2 aromatic carbocycles. The maximum Gasteiger partial charge on any atom is 0.322 e. The van der Waals surface area contributed by atoms with Crippen molar-refractivity contribution < 1.29 is 14.3 Å². The van der Waals surface area contributed by atoms with Gasteiger partial charge in [-0.1, -0.05) is 64.4 Å². The van der Waals surface area contributed by atoms with Gasteiger partial charge in [-0.2, -0.15) is 5.10 Å². The normalized spacial score (nSPS) is 11.4. The molecule has 8 heteroatoms. The van der Waals surface area contributed by atoms with Gasteiger partial charge in [-0.3, -0.25) is 4.79 Å². The van der Waals surface area contributed by atoms with Crippen LogP contribution >= 0.6 is 0 Å². The smallest absolute Gasteiger partial charge is 0.322 e. The van der Waals surface area contributed by atoms with Crippen molar-refractivity contribution in [3.8, 4) is 11.4 Å². The van der Waals surface area contributed by atoms with Gasteiger partial charge in [0.1, 0.15) is 18.1 Å². The number of nitrogens with zero attached hydrogens (tertiary/aromatic N) is 3. The molecule has 1 heterocycles. The van der Waals surface area contributed by atoms with Gasteiger partial charge in [0, 0.05) is 18.0 Å². The van der Waals surface area contributed by atoms with Gasteiger partial charge in [0.05, 0.1) is 23.7 Å². The summed E-state index contributed by atoms with van der Waals surface area (Å²) in [7, 11) is 0. The molecule has 3 rings (SSSR count). The van der Waals surface area contributed by atoms with Crippen LogP contribution in [0.1, 0.15) is 58.4 Å². The summed E-state index contributed by atoms with van der Waals surface area (Å²) < 4.78 is 7.41. The Balaban J connectivity index is 1.85. The summed E-state index contributed by atoms with van der Waals surface area (Å²) in [5.74, 6) is 1.03. The number of nitrogens with one attached hydrogen (secondary N) is 2. The Labute approximate surface area is 226 Å². The lowest BCUT2D eigenvalue weighted by molar-refractivity contribution is -0.116. The van der Waals surface area contributed by atoms with E-state index >= 15 is 0 Å². The third-order valence-corrected chi connectivity index (χ3v) is 5.96. The van der Waals surface area contributed by atoms with E-state index in [1.807, 2.05) is 65.0 Å². The van der Waals surface area contributed by atoms with E-state index in [-0.39, 0.29) is 29.8 Å². The van der Waals surface area contributed by atoms with E-state index in [1.54, 1.807) is 16.8 Å². The minimum Gasteiger partial charge on any atom is -0.492 e. The minimum absolute atomic E-state index is 0.107. The third-order valence-electron chi connectivity index (χ3n) is 5.96. The Morgan fingerprint density at radius 2 is 1.76 bits per heavy atom. The molecule has 0 unspecified atom stereocenters. The van der Waals surface area contributed by atoms with Crippen LogP contribution < -0.4 is 15.4 Å². The van der Waals surface area contributed by atoms with Crippen molar-refractivity contribution >= 4 is 23.4 Å². The second-order valence-electron chi connectivity index (χ2n) is 11.0. The minimum atomic E-state index is -0.362. The second kappa shape index (κ2) is 12.2. The molecule has 38 heavy (non-hydrogen) atoms. The summed E-state index contributed by atoms with van der Waals surface area (Å²) in [6.07, 6.45) is 0. The van der Waals surface area contributed by atoms with E-state index in [9.17, 15) is 9.59 Å². The molecule has 8 nitrogen and oxygen atoms in total. The fourth-order valence-electron chi connectivity index (χ4n) is 4.12. The fraction of sp³-hybridized carbons (Fsp3) is 0.433. The zero-order chi connectivity index (χ0) is 28.0. The molecular weight excluding hydrogens is 478 g/mol. The summed E-state index contributed by atoms with van der Waals surface area (Å²) in [5, 5.41) is 10.8. The quantitative estimate of drug-likeness (QED) is 0.347. The highest BCUT2D eigenvalue weighted by molar-refractivity contribution is 5.97. The molecule has 3 aromatic rings. The molecule has 2 N–H and O–H groups in total. The van der Waals surface area contributed by atoms with Crippen LogP contribution in [0, 0.1) is 19.8 Å². The number of rotatable bonds is 9. The average Bonchev–Trinajstić information content (AvgIpc) is 3.23. The Bertz CT molecular complexity index is 1270. The maximum atomic E-state index is 13.3. The van der Waals surface area contributed by atoms with Crippen LogP contribution in [0.5, 0.6) is 5.75 Å². The summed E-state index contributed by atoms with van der Waals surface area (Å²) in [6.45, 7) is 17.0. The summed E-state index contributed by atoms with van der Waals surface area (Å²) in [4.78, 5) is 28.1. The van der Waals surface area contributed by atoms with Gasteiger partial charge in [-0.05, 0) is 50.5 Å². The van der Waals surface area contributed by atoms with Crippen molar-refractivity contribution in [3.63, 3.8) is 0 Å². The molecule has 0 aliphatic carbocycles. The van der Waals surface area contributed by atoms with Crippen LogP contribution in [-0.2, 0) is 10.2 Å². The van der Waals surface area contributed by atoms with Gasteiger partial charge in [0.2, 0.25) is 5.91 Å². The van der Waals surface area contributed by atoms with Crippen molar-refractivity contribution in [2.24, 2.45) is 5.92 Å². The van der Waals surface area contributed by atoms with Gasteiger partial charge in [0.15, 0.2) is 0 Å². The fourth-order valence-corrected chi connectivity index (χ4v) is 4.12. The van der Waals surface area contributed by atoms with Crippen LogP contribution in [0.3, 0.4) is 0 Å². The van der Waals surface area contributed by atoms with E-state index in [1.165, 1.54) is 4.90 Å². The zero-order valence-electron chi connectivity index (χ0n) is 23.9. The topological polar surface area (TPSA) is 88.5 Å². The number of hydrogen-bond acceptors (Lipinski definition) is 4. The lowest BCUT2D eigenvalue weighted by Crippen LogP contribution is -2.42. The van der Waals surface area contributed by atoms with Crippen LogP contribution in [0.4, 0.5) is 16.3 Å². The maximum absolute atomic E-state index is 13.3. The first-order chi connectivity index (χ1) is 17.9. The standard InChI is InChI=1S/C30H41N5O3/c1-9-38-25-13-11-10-12-23(25)31-29(37)34(18-20(2)3)19-28(36)32-27-17-26(30(6,7)8)33-35(27)24-15-14-21(4)16-22(24)5/h10-17,20H,9,18-19H2,1-8H3,(H,31,37)(H,32,36). The molecule has 0 bridgehead atoms. The number of carbonyl (C=O) groups excluding carboxylic acids is 2. The van der Waals surface area contributed by atoms with Crippen LogP contribution in [0.2, 0.25) is 0 Å². The van der Waals surface area contributed by atoms with Gasteiger partial charge in [-0.25, -0.2) is 9.48 Å². The summed E-state index contributed by atoms with van der Waals surface area (Å²) in [5.41, 5.74) is 4.32. The van der Waals surface area contributed by atoms with E-state index < -0.39 is 0 Å². The van der Waals surface area contributed by atoms with Gasteiger partial charge >= 0.3 is 6.03 Å². The van der Waals surface area contributed by atoms with Crippen LogP contribution in [0.25, 0.3) is 5.69 Å². The van der Waals surface area contributed by atoms with Crippen molar-refractivity contribution in [2.75, 3.05) is 30.3 Å². The van der Waals surface area contributed by atoms with E-state index in [4.69, 9.17) is 9.84 Å². The molecule has 3 amide bonds. The lowest BCUT2D eigenvalue weighted by atomic mass is 9.92. The first-order valence-corrected chi connectivity index (χ1v) is 13.1. The van der Waals surface area contributed by atoms with Crippen molar-refractivity contribution in [3.05, 3.63) is 65.4 Å². The Hall–Kier alpha value is -3.81. The third kappa shape index (κ3) is 7.37. The molecule has 0 aliphatic heterocycles. The van der Waals surface area contributed by atoms with E-state index in [2.05, 4.69) is 37.5 Å². The number of anilines is 2. The Morgan fingerprint density at radius 1 is 1.05 bits per heavy atom. The van der Waals surface area contributed by atoms with E-state index in [0.29, 0.717) is 30.4 Å². The SMILES string of the molecule is CCOc1ccccc1NC(=O)N(CC(=O)Nc1cc(C(C)(C)C)nn1-c1ccc(C)cc1C)CC(C)C. The Morgan fingerprint density at radius 3 is 2.39 bits per heavy atom. The highest BCUT2D eigenvalue weighted by atomic mass is 16.5. The number of para-hydroxylation sites is 2. The Kier molecular flexibility index (Phi) is 9.20. The number of benzene rings is 2. The monoisotopic (exact) mass is 519 g/mol. The molecule has 0 saturated carbocycles. The van der Waals surface area contributed by atoms with E-state index in [0.717, 1.165) is 22.5 Å². The summed E-state index contributed by atoms with van der Waals surface area (Å²) >= 11 is 0. The largest absolute Gasteiger partial charge is 0.492 e. The average molecular weight is 520 g/mol. The molecule has 204 valence electrons. The molecule has 0 aliphatic rings. The number of hydrogen-bond donors (Lipinski definition) is 2. The number of aryl methyl sites for hydroxylation is 2. The zero-order valence-corrected chi connectivity index (χ0v) is 23.9. The molecule has 0 saturated heterocycles. The molecule has 0 spiro atoms. The van der Waals surface area contributed by atoms with Gasteiger partial charge in [0.25, 0.3) is 0 Å². The molecule has 1 aromatic heterocycles. The number of urea groups is 1. The molecule has 0 radical (unpaired) electrons. The van der Waals surface area contributed by atoms with Gasteiger partial charge < -0.3 is 20.3 Å². The predicted octanol–water partition coefficient (Wildman–Crippen LogP) is 6.31. The van der Waals surface area contributed by atoms with Crippen molar-refractivity contribution in [1.82, 2.24) is 14.7 Å². The molecule has 0 atom stereocenters. The first-order valence-electron chi connectivity index (χ1n) is 13.1. The lowest BCUT2D eigenvalue weighted by Gasteiger charge is -2.25. The van der Waals surface area contributed by atoms with Gasteiger partial charge in [-0.15, -0.1) is 0 Å². The summed E-state index contributed by atoms with van der Waals surface area (Å²) in [6, 6.07) is 14.9. The van der Waals surface area contributed by atoms with Crippen LogP contribution in [-0.4, -0.2) is 46.3 Å².